The minimum Gasteiger partial charge on any atom is -0.507 e. The van der Waals surface area contributed by atoms with Crippen molar-refractivity contribution in [2.24, 2.45) is 0 Å². The van der Waals surface area contributed by atoms with E-state index in [1.54, 1.807) is 12.1 Å². The Hall–Kier alpha value is -4.49. The van der Waals surface area contributed by atoms with Crippen LogP contribution < -0.4 is 10.6 Å². The zero-order valence-electron chi connectivity index (χ0n) is 19.4. The number of nitrogens with one attached hydrogen (secondary N) is 2. The Balaban J connectivity index is 1.36. The molecule has 0 atom stereocenters. The van der Waals surface area contributed by atoms with E-state index in [0.717, 1.165) is 16.7 Å². The molecule has 0 saturated heterocycles. The number of carbonyl (C=O) groups is 1. The summed E-state index contributed by atoms with van der Waals surface area (Å²) in [7, 11) is 0. The molecule has 3 N–H and O–H groups in total. The molecule has 0 bridgehead atoms. The maximum absolute atomic E-state index is 13.3. The Morgan fingerprint density at radius 1 is 0.917 bits per heavy atom. The number of aromatic hydroxyl groups is 1. The van der Waals surface area contributed by atoms with Crippen molar-refractivity contribution in [2.75, 3.05) is 5.32 Å². The van der Waals surface area contributed by atoms with Gasteiger partial charge >= 0.3 is 0 Å². The van der Waals surface area contributed by atoms with Gasteiger partial charge in [0.2, 0.25) is 11.8 Å². The van der Waals surface area contributed by atoms with E-state index in [1.165, 1.54) is 6.07 Å². The maximum Gasteiger partial charge on any atom is 0.238 e. The fraction of sp³-hybridized carbons (Fsp3) is 0.0690. The Bertz CT molecular complexity index is 1510. The highest BCUT2D eigenvalue weighted by atomic mass is 32.1. The van der Waals surface area contributed by atoms with Crippen LogP contribution in [0, 0.1) is 6.92 Å². The van der Waals surface area contributed by atoms with E-state index in [1.807, 2.05) is 85.8 Å². The summed E-state index contributed by atoms with van der Waals surface area (Å²) in [4.78, 5) is 17.8. The molecule has 5 rings (SSSR count). The lowest BCUT2D eigenvalue weighted by Gasteiger charge is -2.19. The van der Waals surface area contributed by atoms with Gasteiger partial charge in [0.1, 0.15) is 11.3 Å². The largest absolute Gasteiger partial charge is 0.507 e. The van der Waals surface area contributed by atoms with Crippen LogP contribution >= 0.6 is 12.2 Å². The quantitative estimate of drug-likeness (QED) is 0.201. The van der Waals surface area contributed by atoms with Crippen LogP contribution in [0.1, 0.15) is 22.6 Å². The van der Waals surface area contributed by atoms with Crippen molar-refractivity contribution in [3.8, 4) is 17.2 Å². The summed E-state index contributed by atoms with van der Waals surface area (Å²) in [5, 5.41) is 16.4. The molecule has 0 radical (unpaired) electrons. The molecule has 6 nitrogen and oxygen atoms in total. The number of thiocarbonyl (C=S) groups is 1. The van der Waals surface area contributed by atoms with Gasteiger partial charge in [0.25, 0.3) is 0 Å². The maximum atomic E-state index is 13.3. The van der Waals surface area contributed by atoms with E-state index in [4.69, 9.17) is 16.6 Å². The molecular weight excluding hydrogens is 470 g/mol. The molecule has 5 aromatic rings. The fourth-order valence-corrected chi connectivity index (χ4v) is 4.28. The molecule has 0 unspecified atom stereocenters. The molecular formula is C29H23N3O3S. The Labute approximate surface area is 213 Å². The lowest BCUT2D eigenvalue weighted by molar-refractivity contribution is -0.120. The highest BCUT2D eigenvalue weighted by Gasteiger charge is 2.23. The van der Waals surface area contributed by atoms with Crippen molar-refractivity contribution in [3.05, 3.63) is 114 Å². The van der Waals surface area contributed by atoms with Crippen molar-refractivity contribution >= 4 is 40.0 Å². The molecule has 178 valence electrons. The molecule has 1 heterocycles. The van der Waals surface area contributed by atoms with Gasteiger partial charge in [0, 0.05) is 5.69 Å². The molecule has 0 aliphatic rings. The Morgan fingerprint density at radius 2 is 1.58 bits per heavy atom. The average molecular weight is 494 g/mol. The number of anilines is 1. The number of rotatable bonds is 5. The van der Waals surface area contributed by atoms with E-state index in [2.05, 4.69) is 15.6 Å². The third-order valence-electron chi connectivity index (χ3n) is 5.79. The van der Waals surface area contributed by atoms with Gasteiger partial charge in [-0.15, -0.1) is 0 Å². The first-order chi connectivity index (χ1) is 17.5. The third-order valence-corrected chi connectivity index (χ3v) is 6.00. The molecule has 0 saturated carbocycles. The normalized spacial score (nSPS) is 10.9. The van der Waals surface area contributed by atoms with Gasteiger partial charge in [-0.25, -0.2) is 4.98 Å². The third kappa shape index (κ3) is 4.96. The van der Waals surface area contributed by atoms with Crippen LogP contribution in [0.5, 0.6) is 5.75 Å². The van der Waals surface area contributed by atoms with Crippen LogP contribution in [0.25, 0.3) is 22.6 Å². The van der Waals surface area contributed by atoms with Crippen LogP contribution in [0.3, 0.4) is 0 Å². The molecule has 1 amide bonds. The number of carbonyl (C=O) groups excluding carboxylic acids is 1. The van der Waals surface area contributed by atoms with Crippen molar-refractivity contribution < 1.29 is 14.3 Å². The Morgan fingerprint density at radius 3 is 2.25 bits per heavy atom. The lowest BCUT2D eigenvalue weighted by Crippen LogP contribution is -2.37. The van der Waals surface area contributed by atoms with Crippen LogP contribution in [0.4, 0.5) is 5.69 Å². The second-order valence-electron chi connectivity index (χ2n) is 8.42. The number of hydrogen-bond donors (Lipinski definition) is 3. The summed E-state index contributed by atoms with van der Waals surface area (Å²) in [5.74, 6) is -0.462. The number of phenolic OH excluding ortho intramolecular Hbond substituents is 1. The van der Waals surface area contributed by atoms with Crippen molar-refractivity contribution in [1.82, 2.24) is 10.3 Å². The average Bonchev–Trinajstić information content (AvgIpc) is 3.29. The van der Waals surface area contributed by atoms with E-state index in [-0.39, 0.29) is 16.8 Å². The highest BCUT2D eigenvalue weighted by Crippen LogP contribution is 2.33. The van der Waals surface area contributed by atoms with Crippen LogP contribution in [0.15, 0.2) is 101 Å². The number of phenols is 1. The predicted molar refractivity (Wildman–Crippen MR) is 145 cm³/mol. The minimum atomic E-state index is -0.522. The fourth-order valence-electron chi connectivity index (χ4n) is 4.06. The number of aryl methyl sites for hydroxylation is 1. The molecule has 7 heteroatoms. The zero-order valence-corrected chi connectivity index (χ0v) is 20.3. The van der Waals surface area contributed by atoms with Crippen LogP contribution in [-0.2, 0) is 4.79 Å². The standard InChI is InChI=1S/C29H23N3O3S/c1-18-12-14-23-25(16-18)35-28(31-23)22-17-21(13-15-24(22)33)30-29(36)32-27(34)26(19-8-4-2-5-9-19)20-10-6-3-7-11-20/h2-17,26,33H,1H3,(H2,30,32,34,36). The first-order valence-electron chi connectivity index (χ1n) is 11.4. The van der Waals surface area contributed by atoms with E-state index in [0.29, 0.717) is 28.2 Å². The van der Waals surface area contributed by atoms with Gasteiger partial charge in [0.15, 0.2) is 10.7 Å². The molecule has 0 aliphatic heterocycles. The van der Waals surface area contributed by atoms with Crippen molar-refractivity contribution in [1.29, 1.82) is 0 Å². The van der Waals surface area contributed by atoms with E-state index < -0.39 is 5.92 Å². The van der Waals surface area contributed by atoms with E-state index in [9.17, 15) is 9.90 Å². The molecule has 1 aromatic heterocycles. The molecule has 0 spiro atoms. The van der Waals surface area contributed by atoms with Crippen LogP contribution in [0.2, 0.25) is 0 Å². The van der Waals surface area contributed by atoms with Gasteiger partial charge in [-0.3, -0.25) is 4.79 Å². The second kappa shape index (κ2) is 10.0. The lowest BCUT2D eigenvalue weighted by atomic mass is 9.90. The number of benzene rings is 4. The summed E-state index contributed by atoms with van der Waals surface area (Å²) >= 11 is 5.45. The summed E-state index contributed by atoms with van der Waals surface area (Å²) < 4.78 is 5.87. The molecule has 0 aliphatic carbocycles. The summed E-state index contributed by atoms with van der Waals surface area (Å²) in [6.07, 6.45) is 0. The zero-order chi connectivity index (χ0) is 25.1. The number of oxazole rings is 1. The smallest absolute Gasteiger partial charge is 0.238 e. The number of aromatic nitrogens is 1. The predicted octanol–water partition coefficient (Wildman–Crippen LogP) is 6.15. The highest BCUT2D eigenvalue weighted by molar-refractivity contribution is 7.80. The second-order valence-corrected chi connectivity index (χ2v) is 8.83. The topological polar surface area (TPSA) is 87.4 Å². The summed E-state index contributed by atoms with van der Waals surface area (Å²) in [5.41, 5.74) is 5.10. The molecule has 36 heavy (non-hydrogen) atoms. The van der Waals surface area contributed by atoms with Gasteiger partial charge in [0.05, 0.1) is 11.5 Å². The van der Waals surface area contributed by atoms with Gasteiger partial charge < -0.3 is 20.2 Å². The summed E-state index contributed by atoms with van der Waals surface area (Å²) in [6, 6.07) is 29.7. The van der Waals surface area contributed by atoms with Gasteiger partial charge in [-0.2, -0.15) is 0 Å². The van der Waals surface area contributed by atoms with Gasteiger partial charge in [-0.05, 0) is 66.2 Å². The molecule has 4 aromatic carbocycles. The van der Waals surface area contributed by atoms with Crippen molar-refractivity contribution in [3.63, 3.8) is 0 Å². The van der Waals surface area contributed by atoms with E-state index >= 15 is 0 Å². The number of hydrogen-bond acceptors (Lipinski definition) is 5. The van der Waals surface area contributed by atoms with Crippen LogP contribution in [-0.4, -0.2) is 21.1 Å². The summed E-state index contributed by atoms with van der Waals surface area (Å²) in [6.45, 7) is 1.97. The monoisotopic (exact) mass is 493 g/mol. The minimum absolute atomic E-state index is 0.0204. The molecule has 0 fully saturated rings. The van der Waals surface area contributed by atoms with Gasteiger partial charge in [-0.1, -0.05) is 66.7 Å². The first-order valence-corrected chi connectivity index (χ1v) is 11.8. The number of amides is 1. The number of nitrogens with zero attached hydrogens (tertiary/aromatic N) is 1. The SMILES string of the molecule is Cc1ccc2nc(-c3cc(NC(=S)NC(=O)C(c4ccccc4)c4ccccc4)ccc3O)oc2c1. The first kappa shape index (κ1) is 23.3. The Kier molecular flexibility index (Phi) is 6.47. The number of fused-ring (bicyclic) bond motifs is 1. The van der Waals surface area contributed by atoms with Crippen molar-refractivity contribution in [2.45, 2.75) is 12.8 Å².